The molecule has 0 heterocycles. The van der Waals surface area contributed by atoms with Crippen LogP contribution in [0.1, 0.15) is 40.0 Å². The number of aliphatic hydroxyl groups excluding tert-OH is 1. The van der Waals surface area contributed by atoms with Crippen molar-refractivity contribution < 1.29 is 19.4 Å². The van der Waals surface area contributed by atoms with Crippen LogP contribution in [0.4, 0.5) is 0 Å². The first-order valence-electron chi connectivity index (χ1n) is 8.12. The topological polar surface area (TPSA) is 67.8 Å². The zero-order chi connectivity index (χ0) is 16.5. The number of carbonyl (C=O) groups excluding carboxylic acids is 1. The summed E-state index contributed by atoms with van der Waals surface area (Å²) >= 11 is 0. The van der Waals surface area contributed by atoms with Crippen LogP contribution in [0.5, 0.6) is 0 Å². The van der Waals surface area contributed by atoms with Gasteiger partial charge in [0.2, 0.25) is 0 Å². The van der Waals surface area contributed by atoms with Gasteiger partial charge < -0.3 is 19.9 Å². The molecule has 0 saturated heterocycles. The highest BCUT2D eigenvalue weighted by Crippen LogP contribution is 2.24. The molecule has 22 heavy (non-hydrogen) atoms. The van der Waals surface area contributed by atoms with Crippen molar-refractivity contribution in [3.63, 3.8) is 0 Å². The molecule has 0 aliphatic heterocycles. The third-order valence-corrected chi connectivity index (χ3v) is 3.86. The third-order valence-electron chi connectivity index (χ3n) is 3.86. The first-order valence-corrected chi connectivity index (χ1v) is 8.12. The fourth-order valence-electron chi connectivity index (χ4n) is 2.62. The molecule has 2 N–H and O–H groups in total. The SMILES string of the molecule is C=CCN[C@@H]1[C@@H](O)CC(C(=O)OCC)=C[C@H]1OC(CC)CC. The van der Waals surface area contributed by atoms with Crippen molar-refractivity contribution in [2.75, 3.05) is 13.2 Å². The summed E-state index contributed by atoms with van der Waals surface area (Å²) in [6, 6.07) is -0.253. The number of hydrogen-bond acceptors (Lipinski definition) is 5. The fourth-order valence-corrected chi connectivity index (χ4v) is 2.62. The highest BCUT2D eigenvalue weighted by Gasteiger charge is 2.35. The van der Waals surface area contributed by atoms with Crippen molar-refractivity contribution in [3.8, 4) is 0 Å². The minimum Gasteiger partial charge on any atom is -0.463 e. The average Bonchev–Trinajstić information content (AvgIpc) is 2.51. The van der Waals surface area contributed by atoms with E-state index in [1.54, 1.807) is 19.1 Å². The summed E-state index contributed by atoms with van der Waals surface area (Å²) in [7, 11) is 0. The van der Waals surface area contributed by atoms with Gasteiger partial charge in [0.25, 0.3) is 0 Å². The molecule has 5 heteroatoms. The van der Waals surface area contributed by atoms with E-state index in [1.165, 1.54) is 0 Å². The van der Waals surface area contributed by atoms with Crippen LogP contribution < -0.4 is 5.32 Å². The van der Waals surface area contributed by atoms with Gasteiger partial charge in [0.15, 0.2) is 0 Å². The highest BCUT2D eigenvalue weighted by molar-refractivity contribution is 5.88. The predicted octanol–water partition coefficient (Wildman–Crippen LogP) is 1.96. The lowest BCUT2D eigenvalue weighted by Crippen LogP contribution is -2.52. The van der Waals surface area contributed by atoms with Crippen LogP contribution in [0.2, 0.25) is 0 Å². The average molecular weight is 311 g/mol. The zero-order valence-corrected chi connectivity index (χ0v) is 13.9. The Morgan fingerprint density at radius 2 is 2.18 bits per heavy atom. The number of rotatable bonds is 9. The predicted molar refractivity (Wildman–Crippen MR) is 86.6 cm³/mol. The summed E-state index contributed by atoms with van der Waals surface area (Å²) < 4.78 is 11.1. The lowest BCUT2D eigenvalue weighted by Gasteiger charge is -2.36. The van der Waals surface area contributed by atoms with Gasteiger partial charge in [-0.3, -0.25) is 0 Å². The van der Waals surface area contributed by atoms with Crippen molar-refractivity contribution in [1.82, 2.24) is 5.32 Å². The number of nitrogens with one attached hydrogen (secondary N) is 1. The molecule has 0 saturated carbocycles. The van der Waals surface area contributed by atoms with Gasteiger partial charge in [-0.1, -0.05) is 19.9 Å². The van der Waals surface area contributed by atoms with Crippen molar-refractivity contribution in [3.05, 3.63) is 24.3 Å². The first-order chi connectivity index (χ1) is 10.6. The molecule has 126 valence electrons. The van der Waals surface area contributed by atoms with Crippen LogP contribution in [-0.4, -0.2) is 48.6 Å². The number of carbonyl (C=O) groups is 1. The van der Waals surface area contributed by atoms with E-state index in [2.05, 4.69) is 25.7 Å². The Morgan fingerprint density at radius 1 is 1.50 bits per heavy atom. The van der Waals surface area contributed by atoms with Gasteiger partial charge in [-0.15, -0.1) is 6.58 Å². The van der Waals surface area contributed by atoms with Crippen molar-refractivity contribution >= 4 is 5.97 Å². The molecule has 0 aromatic heterocycles. The van der Waals surface area contributed by atoms with E-state index >= 15 is 0 Å². The Kier molecular flexibility index (Phi) is 8.38. The largest absolute Gasteiger partial charge is 0.463 e. The summed E-state index contributed by atoms with van der Waals surface area (Å²) in [6.45, 7) is 10.5. The summed E-state index contributed by atoms with van der Waals surface area (Å²) in [5, 5.41) is 13.6. The molecule has 0 spiro atoms. The second-order valence-corrected chi connectivity index (χ2v) is 5.45. The molecular weight excluding hydrogens is 282 g/mol. The Morgan fingerprint density at radius 3 is 2.73 bits per heavy atom. The standard InChI is InChI=1S/C17H29NO4/c1-5-9-18-16-14(19)10-12(17(20)21-8-4)11-15(16)22-13(6-2)7-3/h5,11,13-16,18-19H,1,6-10H2,2-4H3/t14-,15+,16+/m0/s1. The Labute approximate surface area is 133 Å². The van der Waals surface area contributed by atoms with E-state index in [1.807, 2.05) is 0 Å². The number of ether oxygens (including phenoxy) is 2. The smallest absolute Gasteiger partial charge is 0.333 e. The van der Waals surface area contributed by atoms with Crippen molar-refractivity contribution in [1.29, 1.82) is 0 Å². The molecule has 0 aromatic rings. The maximum atomic E-state index is 11.9. The second kappa shape index (κ2) is 9.77. The lowest BCUT2D eigenvalue weighted by molar-refractivity contribution is -0.139. The molecule has 0 fully saturated rings. The minimum absolute atomic E-state index is 0.100. The van der Waals surface area contributed by atoms with Crippen molar-refractivity contribution in [2.24, 2.45) is 0 Å². The van der Waals surface area contributed by atoms with Gasteiger partial charge in [-0.05, 0) is 25.8 Å². The summed E-state index contributed by atoms with van der Waals surface area (Å²) in [5.74, 6) is -0.373. The van der Waals surface area contributed by atoms with E-state index in [-0.39, 0.29) is 30.6 Å². The summed E-state index contributed by atoms with van der Waals surface area (Å²) in [6.07, 6.45) is 4.64. The first kappa shape index (κ1) is 18.9. The molecule has 1 aliphatic rings. The molecule has 0 unspecified atom stereocenters. The molecule has 1 aliphatic carbocycles. The van der Waals surface area contributed by atoms with E-state index in [0.717, 1.165) is 12.8 Å². The van der Waals surface area contributed by atoms with E-state index in [0.29, 0.717) is 18.7 Å². The second-order valence-electron chi connectivity index (χ2n) is 5.45. The third kappa shape index (κ3) is 5.23. The molecule has 1 rings (SSSR count). The fraction of sp³-hybridized carbons (Fsp3) is 0.706. The van der Waals surface area contributed by atoms with Crippen LogP contribution in [-0.2, 0) is 14.3 Å². The van der Waals surface area contributed by atoms with Gasteiger partial charge in [0.1, 0.15) is 0 Å². The van der Waals surface area contributed by atoms with Crippen molar-refractivity contribution in [2.45, 2.75) is 64.4 Å². The van der Waals surface area contributed by atoms with Crippen LogP contribution in [0, 0.1) is 0 Å². The van der Waals surface area contributed by atoms with Crippen LogP contribution >= 0.6 is 0 Å². The number of hydrogen-bond donors (Lipinski definition) is 2. The highest BCUT2D eigenvalue weighted by atomic mass is 16.5. The lowest BCUT2D eigenvalue weighted by atomic mass is 9.89. The quantitative estimate of drug-likeness (QED) is 0.503. The van der Waals surface area contributed by atoms with Crippen LogP contribution in [0.3, 0.4) is 0 Å². The Hall–Kier alpha value is -1.17. The molecule has 3 atom stereocenters. The number of aliphatic hydroxyl groups is 1. The maximum absolute atomic E-state index is 11.9. The van der Waals surface area contributed by atoms with Crippen LogP contribution in [0.15, 0.2) is 24.3 Å². The molecule has 0 bridgehead atoms. The van der Waals surface area contributed by atoms with Gasteiger partial charge >= 0.3 is 5.97 Å². The maximum Gasteiger partial charge on any atom is 0.333 e. The molecular formula is C17H29NO4. The van der Waals surface area contributed by atoms with Gasteiger partial charge in [0, 0.05) is 18.5 Å². The van der Waals surface area contributed by atoms with Crippen LogP contribution in [0.25, 0.3) is 0 Å². The van der Waals surface area contributed by atoms with Gasteiger partial charge in [-0.2, -0.15) is 0 Å². The minimum atomic E-state index is -0.691. The number of esters is 1. The van der Waals surface area contributed by atoms with E-state index in [4.69, 9.17) is 9.47 Å². The molecule has 0 aromatic carbocycles. The Balaban J connectivity index is 2.93. The zero-order valence-electron chi connectivity index (χ0n) is 13.9. The van der Waals surface area contributed by atoms with Gasteiger partial charge in [0.05, 0.1) is 31.0 Å². The Bertz CT molecular complexity index is 390. The summed E-state index contributed by atoms with van der Waals surface area (Å²) in [4.78, 5) is 11.9. The summed E-state index contributed by atoms with van der Waals surface area (Å²) in [5.41, 5.74) is 0.488. The molecule has 5 nitrogen and oxygen atoms in total. The monoisotopic (exact) mass is 311 g/mol. The van der Waals surface area contributed by atoms with E-state index < -0.39 is 6.10 Å². The normalized spacial score (nSPS) is 25.0. The molecule has 0 amide bonds. The van der Waals surface area contributed by atoms with E-state index in [9.17, 15) is 9.90 Å². The van der Waals surface area contributed by atoms with Gasteiger partial charge in [-0.25, -0.2) is 4.79 Å². The molecule has 0 radical (unpaired) electrons.